The van der Waals surface area contributed by atoms with Gasteiger partial charge in [-0.1, -0.05) is 6.92 Å². The number of nitrogens with one attached hydrogen (secondary N) is 2. The van der Waals surface area contributed by atoms with Crippen LogP contribution in [-0.2, 0) is 26.0 Å². The molecule has 0 saturated heterocycles. The summed E-state index contributed by atoms with van der Waals surface area (Å²) in [4.78, 5) is 1.35. The van der Waals surface area contributed by atoms with Crippen LogP contribution >= 0.6 is 11.3 Å². The van der Waals surface area contributed by atoms with E-state index in [0.29, 0.717) is 44.2 Å². The lowest BCUT2D eigenvalue weighted by molar-refractivity contribution is 0.0699. The molecule has 0 aromatic carbocycles. The molecule has 0 spiro atoms. The van der Waals surface area contributed by atoms with Gasteiger partial charge in [0.2, 0.25) is 10.0 Å². The van der Waals surface area contributed by atoms with Crippen molar-refractivity contribution in [3.05, 3.63) is 16.3 Å². The summed E-state index contributed by atoms with van der Waals surface area (Å²) in [6.07, 6.45) is 0.636. The maximum atomic E-state index is 12.1. The van der Waals surface area contributed by atoms with Gasteiger partial charge in [0.05, 0.1) is 18.1 Å². The lowest BCUT2D eigenvalue weighted by atomic mass is 10.4. The Bertz CT molecular complexity index is 488. The monoisotopic (exact) mass is 336 g/mol. The fourth-order valence-electron chi connectivity index (χ4n) is 1.55. The summed E-state index contributed by atoms with van der Waals surface area (Å²) in [5.74, 6) is 0. The largest absolute Gasteiger partial charge is 0.382 e. The van der Waals surface area contributed by atoms with E-state index in [2.05, 4.69) is 10.0 Å². The molecule has 8 heteroatoms. The molecule has 0 aliphatic rings. The molecule has 0 radical (unpaired) electrons. The SMILES string of the molecule is CCNCc1cc(S(=O)(=O)NCCCOCCOC)cs1. The molecule has 122 valence electrons. The van der Waals surface area contributed by atoms with Crippen molar-refractivity contribution in [1.29, 1.82) is 0 Å². The molecule has 2 N–H and O–H groups in total. The molecule has 0 saturated carbocycles. The molecule has 0 amide bonds. The lowest BCUT2D eigenvalue weighted by Gasteiger charge is -2.06. The van der Waals surface area contributed by atoms with Gasteiger partial charge in [0.25, 0.3) is 0 Å². The Labute approximate surface area is 130 Å². The van der Waals surface area contributed by atoms with Crippen molar-refractivity contribution in [2.24, 2.45) is 0 Å². The van der Waals surface area contributed by atoms with Crippen LogP contribution in [-0.4, -0.2) is 48.4 Å². The van der Waals surface area contributed by atoms with E-state index in [1.165, 1.54) is 11.3 Å². The van der Waals surface area contributed by atoms with Gasteiger partial charge >= 0.3 is 0 Å². The smallest absolute Gasteiger partial charge is 0.241 e. The maximum Gasteiger partial charge on any atom is 0.241 e. The molecule has 0 unspecified atom stereocenters. The molecule has 0 bridgehead atoms. The predicted octanol–water partition coefficient (Wildman–Crippen LogP) is 1.19. The standard InChI is InChI=1S/C13H24N2O4S2/c1-3-14-10-12-9-13(11-20-12)21(16,17)15-5-4-6-19-8-7-18-2/h9,11,14-15H,3-8,10H2,1-2H3. The number of ether oxygens (including phenoxy) is 2. The van der Waals surface area contributed by atoms with E-state index in [0.717, 1.165) is 11.4 Å². The highest BCUT2D eigenvalue weighted by Gasteiger charge is 2.15. The first-order valence-electron chi connectivity index (χ1n) is 6.94. The number of methoxy groups -OCH3 is 1. The van der Waals surface area contributed by atoms with Gasteiger partial charge in [-0.05, 0) is 19.0 Å². The van der Waals surface area contributed by atoms with E-state index in [-0.39, 0.29) is 0 Å². The first kappa shape index (κ1) is 18.5. The Hall–Kier alpha value is -0.510. The van der Waals surface area contributed by atoms with E-state index in [1.807, 2.05) is 6.92 Å². The van der Waals surface area contributed by atoms with Gasteiger partial charge in [0.15, 0.2) is 0 Å². The summed E-state index contributed by atoms with van der Waals surface area (Å²) < 4.78 is 36.8. The summed E-state index contributed by atoms with van der Waals surface area (Å²) in [6.45, 7) is 5.54. The van der Waals surface area contributed by atoms with Crippen LogP contribution in [0.4, 0.5) is 0 Å². The van der Waals surface area contributed by atoms with Gasteiger partial charge in [-0.3, -0.25) is 0 Å². The number of rotatable bonds is 12. The zero-order chi connectivity index (χ0) is 15.6. The van der Waals surface area contributed by atoms with Crippen molar-refractivity contribution in [2.75, 3.05) is 40.0 Å². The van der Waals surface area contributed by atoms with Crippen molar-refractivity contribution in [3.63, 3.8) is 0 Å². The van der Waals surface area contributed by atoms with Crippen LogP contribution < -0.4 is 10.0 Å². The Morgan fingerprint density at radius 2 is 2.10 bits per heavy atom. The Morgan fingerprint density at radius 1 is 1.29 bits per heavy atom. The number of hydrogen-bond acceptors (Lipinski definition) is 6. The first-order valence-corrected chi connectivity index (χ1v) is 9.31. The van der Waals surface area contributed by atoms with Crippen LogP contribution in [0.2, 0.25) is 0 Å². The third kappa shape index (κ3) is 7.35. The summed E-state index contributed by atoms with van der Waals surface area (Å²) in [5.41, 5.74) is 0. The van der Waals surface area contributed by atoms with Crippen molar-refractivity contribution >= 4 is 21.4 Å². The van der Waals surface area contributed by atoms with Gasteiger partial charge in [-0.15, -0.1) is 11.3 Å². The van der Waals surface area contributed by atoms with Crippen LogP contribution in [0.3, 0.4) is 0 Å². The van der Waals surface area contributed by atoms with Gasteiger partial charge in [-0.2, -0.15) is 0 Å². The number of hydrogen-bond donors (Lipinski definition) is 2. The molecule has 1 rings (SSSR count). The van der Waals surface area contributed by atoms with Crippen molar-refractivity contribution in [1.82, 2.24) is 10.0 Å². The van der Waals surface area contributed by atoms with Gasteiger partial charge in [0.1, 0.15) is 0 Å². The van der Waals surface area contributed by atoms with E-state index in [9.17, 15) is 8.42 Å². The van der Waals surface area contributed by atoms with E-state index in [4.69, 9.17) is 9.47 Å². The molecule has 21 heavy (non-hydrogen) atoms. The molecule has 6 nitrogen and oxygen atoms in total. The second-order valence-corrected chi connectivity index (χ2v) is 7.15. The van der Waals surface area contributed by atoms with Gasteiger partial charge in [0, 0.05) is 37.1 Å². The minimum atomic E-state index is -3.41. The average Bonchev–Trinajstić information content (AvgIpc) is 2.94. The topological polar surface area (TPSA) is 76.7 Å². The first-order chi connectivity index (χ1) is 10.1. The van der Waals surface area contributed by atoms with Crippen LogP contribution in [0, 0.1) is 0 Å². The molecule has 1 aromatic heterocycles. The molecule has 0 aliphatic carbocycles. The summed E-state index contributed by atoms with van der Waals surface area (Å²) in [7, 11) is -1.80. The van der Waals surface area contributed by atoms with Crippen LogP contribution in [0.25, 0.3) is 0 Å². The molecular formula is C13H24N2O4S2. The molecular weight excluding hydrogens is 312 g/mol. The Morgan fingerprint density at radius 3 is 2.81 bits per heavy atom. The fourth-order valence-corrected chi connectivity index (χ4v) is 3.87. The van der Waals surface area contributed by atoms with Crippen LogP contribution in [0.1, 0.15) is 18.2 Å². The van der Waals surface area contributed by atoms with Crippen molar-refractivity contribution < 1.29 is 17.9 Å². The quantitative estimate of drug-likeness (QED) is 0.561. The average molecular weight is 336 g/mol. The highest BCUT2D eigenvalue weighted by Crippen LogP contribution is 2.18. The van der Waals surface area contributed by atoms with Crippen molar-refractivity contribution in [3.8, 4) is 0 Å². The Kier molecular flexibility index (Phi) is 9.05. The predicted molar refractivity (Wildman–Crippen MR) is 84.2 cm³/mol. The van der Waals surface area contributed by atoms with Crippen molar-refractivity contribution in [2.45, 2.75) is 24.8 Å². The maximum absolute atomic E-state index is 12.1. The number of sulfonamides is 1. The molecule has 1 aromatic rings. The zero-order valence-corrected chi connectivity index (χ0v) is 14.2. The van der Waals surface area contributed by atoms with E-state index >= 15 is 0 Å². The van der Waals surface area contributed by atoms with E-state index in [1.54, 1.807) is 18.6 Å². The van der Waals surface area contributed by atoms with Gasteiger partial charge in [-0.25, -0.2) is 13.1 Å². The lowest BCUT2D eigenvalue weighted by Crippen LogP contribution is -2.25. The molecule has 0 aliphatic heterocycles. The highest BCUT2D eigenvalue weighted by atomic mass is 32.2. The molecule has 1 heterocycles. The molecule has 0 fully saturated rings. The minimum absolute atomic E-state index is 0.334. The highest BCUT2D eigenvalue weighted by molar-refractivity contribution is 7.89. The third-order valence-corrected chi connectivity index (χ3v) is 5.20. The normalized spacial score (nSPS) is 11.9. The second-order valence-electron chi connectivity index (χ2n) is 4.39. The summed E-state index contributed by atoms with van der Waals surface area (Å²) in [6, 6.07) is 1.71. The van der Waals surface area contributed by atoms with Crippen LogP contribution in [0.5, 0.6) is 0 Å². The summed E-state index contributed by atoms with van der Waals surface area (Å²) >= 11 is 1.45. The summed E-state index contributed by atoms with van der Waals surface area (Å²) in [5, 5.41) is 4.85. The minimum Gasteiger partial charge on any atom is -0.382 e. The molecule has 0 atom stereocenters. The Balaban J connectivity index is 2.31. The fraction of sp³-hybridized carbons (Fsp3) is 0.692. The van der Waals surface area contributed by atoms with E-state index < -0.39 is 10.0 Å². The van der Waals surface area contributed by atoms with Gasteiger partial charge < -0.3 is 14.8 Å². The third-order valence-electron chi connectivity index (χ3n) is 2.68. The second kappa shape index (κ2) is 10.3. The van der Waals surface area contributed by atoms with Crippen LogP contribution in [0.15, 0.2) is 16.3 Å². The number of thiophene rings is 1. The zero-order valence-electron chi connectivity index (χ0n) is 12.6.